The van der Waals surface area contributed by atoms with Gasteiger partial charge in [-0.2, -0.15) is 0 Å². The van der Waals surface area contributed by atoms with Crippen LogP contribution in [0.15, 0.2) is 0 Å². The van der Waals surface area contributed by atoms with Crippen LogP contribution in [0.5, 0.6) is 0 Å². The minimum Gasteiger partial charge on any atom is -0.0695 e. The molecule has 0 spiro atoms. The lowest BCUT2D eigenvalue weighted by Crippen LogP contribution is -2.39. The van der Waals surface area contributed by atoms with Gasteiger partial charge in [-0.05, 0) is 48.9 Å². The summed E-state index contributed by atoms with van der Waals surface area (Å²) in [5.41, 5.74) is 0. The van der Waals surface area contributed by atoms with E-state index in [-0.39, 0.29) is 0 Å². The van der Waals surface area contributed by atoms with Gasteiger partial charge >= 0.3 is 0 Å². The molecule has 4 unspecified atom stereocenters. The van der Waals surface area contributed by atoms with E-state index in [1.54, 1.807) is 51.0 Å². The molecule has 0 heterocycles. The Labute approximate surface area is 109 Å². The summed E-state index contributed by atoms with van der Waals surface area (Å²) < 4.78 is 0. The normalized spacial score (nSPS) is 45.7. The van der Waals surface area contributed by atoms with E-state index in [2.05, 4.69) is 19.6 Å². The SMILES string of the molecule is C[Si](C)(C)CC1C2CCCC2CC2CCCC21. The molecule has 3 rings (SSSR count). The van der Waals surface area contributed by atoms with Crippen molar-refractivity contribution in [2.75, 3.05) is 0 Å². The first-order chi connectivity index (χ1) is 8.04. The van der Waals surface area contributed by atoms with Crippen molar-refractivity contribution >= 4 is 8.07 Å². The Morgan fingerprint density at radius 3 is 1.82 bits per heavy atom. The van der Waals surface area contributed by atoms with Gasteiger partial charge in [0, 0.05) is 8.07 Å². The van der Waals surface area contributed by atoms with Gasteiger partial charge in [-0.3, -0.25) is 0 Å². The molecule has 0 N–H and O–H groups in total. The lowest BCUT2D eigenvalue weighted by atomic mass is 9.65. The Bertz CT molecular complexity index is 258. The van der Waals surface area contributed by atoms with Crippen molar-refractivity contribution in [1.82, 2.24) is 0 Å². The highest BCUT2D eigenvalue weighted by Crippen LogP contribution is 2.57. The molecule has 0 aliphatic heterocycles. The number of fused-ring (bicyclic) bond motifs is 2. The van der Waals surface area contributed by atoms with Crippen molar-refractivity contribution in [3.05, 3.63) is 0 Å². The predicted octanol–water partition coefficient (Wildman–Crippen LogP) is 5.18. The molecule has 0 nitrogen and oxygen atoms in total. The van der Waals surface area contributed by atoms with Gasteiger partial charge in [-0.15, -0.1) is 0 Å². The molecule has 0 aromatic carbocycles. The van der Waals surface area contributed by atoms with Crippen LogP contribution in [0.3, 0.4) is 0 Å². The van der Waals surface area contributed by atoms with E-state index in [1.807, 2.05) is 0 Å². The maximum absolute atomic E-state index is 2.59. The van der Waals surface area contributed by atoms with Gasteiger partial charge in [0.25, 0.3) is 0 Å². The minimum absolute atomic E-state index is 0.864. The fraction of sp³-hybridized carbons (Fsp3) is 1.00. The molecule has 3 aliphatic carbocycles. The van der Waals surface area contributed by atoms with Gasteiger partial charge in [0.05, 0.1) is 0 Å². The zero-order valence-corrected chi connectivity index (χ0v) is 13.0. The Kier molecular flexibility index (Phi) is 3.17. The first-order valence-electron chi connectivity index (χ1n) is 8.04. The molecular formula is C16H30Si. The van der Waals surface area contributed by atoms with E-state index in [0.717, 1.165) is 29.6 Å². The fourth-order valence-electron chi connectivity index (χ4n) is 5.56. The second-order valence-corrected chi connectivity index (χ2v) is 13.9. The maximum atomic E-state index is 2.59. The van der Waals surface area contributed by atoms with Crippen molar-refractivity contribution in [2.24, 2.45) is 29.6 Å². The highest BCUT2D eigenvalue weighted by molar-refractivity contribution is 6.76. The van der Waals surface area contributed by atoms with E-state index in [4.69, 9.17) is 0 Å². The first-order valence-corrected chi connectivity index (χ1v) is 11.8. The molecule has 3 saturated carbocycles. The summed E-state index contributed by atoms with van der Waals surface area (Å²) in [5, 5.41) is 0. The van der Waals surface area contributed by atoms with Gasteiger partial charge in [0.15, 0.2) is 0 Å². The second-order valence-electron chi connectivity index (χ2n) is 8.37. The average Bonchev–Trinajstić information content (AvgIpc) is 2.82. The molecule has 3 aliphatic rings. The molecule has 0 aromatic rings. The highest BCUT2D eigenvalue weighted by atomic mass is 28.3. The van der Waals surface area contributed by atoms with Crippen LogP contribution in [0.1, 0.15) is 44.9 Å². The molecule has 1 heteroatoms. The van der Waals surface area contributed by atoms with Gasteiger partial charge in [-0.1, -0.05) is 51.4 Å². The smallest absolute Gasteiger partial charge is 0.0445 e. The largest absolute Gasteiger partial charge is 0.0695 e. The van der Waals surface area contributed by atoms with Crippen LogP contribution < -0.4 is 0 Å². The van der Waals surface area contributed by atoms with Crippen LogP contribution >= 0.6 is 0 Å². The van der Waals surface area contributed by atoms with E-state index < -0.39 is 8.07 Å². The van der Waals surface area contributed by atoms with Gasteiger partial charge in [-0.25, -0.2) is 0 Å². The van der Waals surface area contributed by atoms with Crippen LogP contribution in [0.25, 0.3) is 0 Å². The Morgan fingerprint density at radius 1 is 0.824 bits per heavy atom. The zero-order valence-electron chi connectivity index (χ0n) is 12.0. The molecule has 0 bridgehead atoms. The summed E-state index contributed by atoms with van der Waals surface area (Å²) in [5.74, 6) is 5.75. The third kappa shape index (κ3) is 2.37. The van der Waals surface area contributed by atoms with Gasteiger partial charge in [0.1, 0.15) is 0 Å². The van der Waals surface area contributed by atoms with Crippen molar-refractivity contribution in [3.63, 3.8) is 0 Å². The van der Waals surface area contributed by atoms with Crippen LogP contribution in [0.4, 0.5) is 0 Å². The van der Waals surface area contributed by atoms with Crippen LogP contribution in [-0.4, -0.2) is 8.07 Å². The summed E-state index contributed by atoms with van der Waals surface area (Å²) in [4.78, 5) is 0. The third-order valence-electron chi connectivity index (χ3n) is 5.99. The Morgan fingerprint density at radius 2 is 1.35 bits per heavy atom. The Hall–Kier alpha value is 0.217. The molecule has 98 valence electrons. The topological polar surface area (TPSA) is 0 Å². The molecule has 0 aromatic heterocycles. The summed E-state index contributed by atoms with van der Waals surface area (Å²) in [6, 6.07) is 1.63. The molecule has 17 heavy (non-hydrogen) atoms. The van der Waals surface area contributed by atoms with Gasteiger partial charge < -0.3 is 0 Å². The minimum atomic E-state index is -0.864. The van der Waals surface area contributed by atoms with Crippen LogP contribution in [0.2, 0.25) is 25.7 Å². The van der Waals surface area contributed by atoms with E-state index in [1.165, 1.54) is 0 Å². The zero-order chi connectivity index (χ0) is 12.0. The maximum Gasteiger partial charge on any atom is 0.0445 e. The van der Waals surface area contributed by atoms with E-state index >= 15 is 0 Å². The van der Waals surface area contributed by atoms with Crippen molar-refractivity contribution < 1.29 is 0 Å². The number of hydrogen-bond acceptors (Lipinski definition) is 0. The van der Waals surface area contributed by atoms with E-state index in [0.29, 0.717) is 0 Å². The van der Waals surface area contributed by atoms with Crippen molar-refractivity contribution in [1.29, 1.82) is 0 Å². The number of rotatable bonds is 2. The first kappa shape index (κ1) is 12.3. The monoisotopic (exact) mass is 250 g/mol. The molecule has 0 saturated heterocycles. The summed E-state index contributed by atoms with van der Waals surface area (Å²) in [7, 11) is -0.864. The molecular weight excluding hydrogens is 220 g/mol. The van der Waals surface area contributed by atoms with Crippen LogP contribution in [0, 0.1) is 29.6 Å². The molecule has 4 atom stereocenters. The lowest BCUT2D eigenvalue weighted by molar-refractivity contribution is 0.0842. The molecule has 3 fully saturated rings. The van der Waals surface area contributed by atoms with Crippen molar-refractivity contribution in [2.45, 2.75) is 70.6 Å². The highest BCUT2D eigenvalue weighted by Gasteiger charge is 2.48. The molecule has 0 amide bonds. The van der Waals surface area contributed by atoms with Crippen LogP contribution in [-0.2, 0) is 0 Å². The average molecular weight is 251 g/mol. The summed E-state index contributed by atoms with van der Waals surface area (Å²) in [6.07, 6.45) is 11.1. The second kappa shape index (κ2) is 4.40. The van der Waals surface area contributed by atoms with E-state index in [9.17, 15) is 0 Å². The lowest BCUT2D eigenvalue weighted by Gasteiger charge is -2.44. The molecule has 0 radical (unpaired) electrons. The predicted molar refractivity (Wildman–Crippen MR) is 77.9 cm³/mol. The quantitative estimate of drug-likeness (QED) is 0.593. The van der Waals surface area contributed by atoms with Crippen molar-refractivity contribution in [3.8, 4) is 0 Å². The standard InChI is InChI=1S/C16H30Si/c1-17(2,3)11-16-14-8-4-6-12(14)10-13-7-5-9-15(13)16/h12-16H,4-11H2,1-3H3. The Balaban J connectivity index is 1.80. The fourth-order valence-corrected chi connectivity index (χ4v) is 7.58. The third-order valence-corrected chi connectivity index (χ3v) is 7.69. The van der Waals surface area contributed by atoms with Gasteiger partial charge in [0.2, 0.25) is 0 Å². The summed E-state index contributed by atoms with van der Waals surface area (Å²) in [6.45, 7) is 7.78. The summed E-state index contributed by atoms with van der Waals surface area (Å²) >= 11 is 0. The number of hydrogen-bond donors (Lipinski definition) is 0.